The normalized spacial score (nSPS) is 54.4. The lowest BCUT2D eigenvalue weighted by Gasteiger charge is -2.63. The summed E-state index contributed by atoms with van der Waals surface area (Å²) >= 11 is 0. The molecule has 2 aliphatic heterocycles. The lowest BCUT2D eigenvalue weighted by molar-refractivity contribution is -0.235. The number of carbonyl (C=O) groups excluding carboxylic acids is 5. The number of epoxide rings is 1. The van der Waals surface area contributed by atoms with Crippen LogP contribution in [0, 0.1) is 57.7 Å². The van der Waals surface area contributed by atoms with Crippen LogP contribution in [0.1, 0.15) is 68.2 Å². The van der Waals surface area contributed by atoms with E-state index in [1.807, 2.05) is 26.8 Å². The number of aliphatic hydroxyl groups is 2. The molecule has 6 fully saturated rings. The maximum absolute atomic E-state index is 14.3. The van der Waals surface area contributed by atoms with Crippen molar-refractivity contribution in [1.29, 1.82) is 0 Å². The van der Waals surface area contributed by atoms with Crippen LogP contribution < -0.4 is 0 Å². The molecule has 2 N–H and O–H groups in total. The topological polar surface area (TPSA) is 175 Å². The summed E-state index contributed by atoms with van der Waals surface area (Å²) in [5.41, 5.74) is -5.36. The van der Waals surface area contributed by atoms with Crippen molar-refractivity contribution < 1.29 is 57.9 Å². The van der Waals surface area contributed by atoms with Gasteiger partial charge in [0.25, 0.3) is 0 Å². The van der Waals surface area contributed by atoms with Gasteiger partial charge in [0, 0.05) is 55.3 Å². The van der Waals surface area contributed by atoms with Crippen molar-refractivity contribution in [2.24, 2.45) is 57.7 Å². The zero-order chi connectivity index (χ0) is 33.6. The van der Waals surface area contributed by atoms with Crippen molar-refractivity contribution in [1.82, 2.24) is 0 Å². The fourth-order valence-corrected chi connectivity index (χ4v) is 11.8. The molecule has 0 spiro atoms. The maximum atomic E-state index is 14.3. The van der Waals surface area contributed by atoms with Gasteiger partial charge in [-0.3, -0.25) is 19.2 Å². The molecular formula is C34H44O12. The lowest BCUT2D eigenvalue weighted by atomic mass is 9.42. The number of ether oxygens (including phenoxy) is 5. The number of hydrogen-bond acceptors (Lipinski definition) is 12. The van der Waals surface area contributed by atoms with Crippen molar-refractivity contribution in [3.63, 3.8) is 0 Å². The third-order valence-corrected chi connectivity index (χ3v) is 13.8. The first-order valence-corrected chi connectivity index (χ1v) is 16.4. The van der Waals surface area contributed by atoms with E-state index in [0.717, 1.165) is 0 Å². The second-order valence-corrected chi connectivity index (χ2v) is 15.8. The Morgan fingerprint density at radius 3 is 2.13 bits per heavy atom. The van der Waals surface area contributed by atoms with E-state index >= 15 is 0 Å². The van der Waals surface area contributed by atoms with E-state index in [4.69, 9.17) is 23.7 Å². The molecule has 5 aliphatic carbocycles. The van der Waals surface area contributed by atoms with Crippen LogP contribution in [-0.2, 0) is 47.7 Å². The van der Waals surface area contributed by atoms with Gasteiger partial charge in [-0.05, 0) is 50.5 Å². The van der Waals surface area contributed by atoms with Crippen molar-refractivity contribution in [3.8, 4) is 0 Å². The smallest absolute Gasteiger partial charge is 0.343 e. The third-order valence-electron chi connectivity index (χ3n) is 13.8. The Balaban J connectivity index is 1.46. The van der Waals surface area contributed by atoms with E-state index < -0.39 is 112 Å². The van der Waals surface area contributed by atoms with Gasteiger partial charge in [-0.25, -0.2) is 4.79 Å². The van der Waals surface area contributed by atoms with Crippen LogP contribution in [0.25, 0.3) is 0 Å². The highest BCUT2D eigenvalue weighted by molar-refractivity contribution is 5.88. The SMILES string of the molecule is CC(=O)O[C@@H]1[C@H]2[C@@H]3[C@@H](O)C(=O)[C@H]4C[C@@H]5O[C@@H]5[C@H](OC(C)=O)[C@]4(C)[C@H]3C[C@H](OC(C)=O)[C@]2(C)[C@@H]2[C@@H]1[C@]1(C)C(=C[C@H]2C)OC(=O)[C@@]1(C)O. The first-order valence-electron chi connectivity index (χ1n) is 16.4. The average molecular weight is 645 g/mol. The number of esters is 4. The van der Waals surface area contributed by atoms with Gasteiger partial charge in [0.1, 0.15) is 36.3 Å². The number of allylic oxidation sites excluding steroid dienone is 1. The predicted molar refractivity (Wildman–Crippen MR) is 155 cm³/mol. The van der Waals surface area contributed by atoms with Crippen molar-refractivity contribution >= 4 is 29.7 Å². The number of rotatable bonds is 3. The van der Waals surface area contributed by atoms with E-state index in [9.17, 15) is 34.2 Å². The number of aliphatic hydroxyl groups excluding tert-OH is 1. The molecule has 12 nitrogen and oxygen atoms in total. The molecule has 46 heavy (non-hydrogen) atoms. The highest BCUT2D eigenvalue weighted by Crippen LogP contribution is 2.75. The fraction of sp³-hybridized carbons (Fsp3) is 0.794. The van der Waals surface area contributed by atoms with Crippen LogP contribution in [-0.4, -0.2) is 82.1 Å². The van der Waals surface area contributed by atoms with Gasteiger partial charge >= 0.3 is 23.9 Å². The van der Waals surface area contributed by atoms with E-state index in [1.165, 1.54) is 27.7 Å². The maximum Gasteiger partial charge on any atom is 0.343 e. The zero-order valence-corrected chi connectivity index (χ0v) is 27.5. The van der Waals surface area contributed by atoms with Gasteiger partial charge in [0.05, 0.1) is 11.5 Å². The standard InChI is InChI=1S/C34H44O12/c1-12-9-20-33(7,34(8,41)30(40)46-20)24-22(12)32(6)19(42-13(2)35)11-16-21(23(32)28(24)43-14(3)36)26(39)25(38)17-10-18-27(45-18)29(31(16,17)5)44-15(4)37/h9,12,16-19,21-24,26-29,39,41H,10-11H2,1-8H3/t12-,16+,17-,18+,19+,21-,22+,23-,24+,26-,27+,28-,29+,31-,32-,33+,34-/m1/s1. The molecule has 12 heteroatoms. The fourth-order valence-electron chi connectivity index (χ4n) is 11.8. The number of fused-ring (bicyclic) bond motifs is 10. The molecule has 0 aromatic rings. The molecule has 0 bridgehead atoms. The summed E-state index contributed by atoms with van der Waals surface area (Å²) in [6.07, 6.45) is -2.31. The zero-order valence-electron chi connectivity index (χ0n) is 27.5. The molecule has 0 radical (unpaired) electrons. The average Bonchev–Trinajstić information content (AvgIpc) is 3.63. The third kappa shape index (κ3) is 3.69. The molecule has 2 heterocycles. The van der Waals surface area contributed by atoms with Crippen LogP contribution in [0.15, 0.2) is 11.8 Å². The van der Waals surface area contributed by atoms with Crippen molar-refractivity contribution in [2.45, 2.75) is 110 Å². The summed E-state index contributed by atoms with van der Waals surface area (Å²) in [5, 5.41) is 23.9. The number of carbonyl (C=O) groups is 5. The minimum atomic E-state index is -2.00. The van der Waals surface area contributed by atoms with Gasteiger partial charge in [-0.1, -0.05) is 20.8 Å². The molecule has 0 unspecified atom stereocenters. The molecule has 252 valence electrons. The minimum Gasteiger partial charge on any atom is -0.462 e. The van der Waals surface area contributed by atoms with E-state index in [0.29, 0.717) is 6.42 Å². The molecule has 7 aliphatic rings. The highest BCUT2D eigenvalue weighted by atomic mass is 16.6. The Morgan fingerprint density at radius 2 is 1.52 bits per heavy atom. The van der Waals surface area contributed by atoms with Gasteiger partial charge in [0.2, 0.25) is 0 Å². The second kappa shape index (κ2) is 9.63. The Bertz CT molecular complexity index is 1470. The molecule has 2 saturated heterocycles. The molecular weight excluding hydrogens is 600 g/mol. The van der Waals surface area contributed by atoms with Crippen LogP contribution >= 0.6 is 0 Å². The van der Waals surface area contributed by atoms with Crippen LogP contribution in [0.4, 0.5) is 0 Å². The van der Waals surface area contributed by atoms with E-state index in [-0.39, 0.29) is 30.0 Å². The first-order chi connectivity index (χ1) is 21.3. The molecule has 7 rings (SSSR count). The molecule has 17 atom stereocenters. The Labute approximate surface area is 267 Å². The first kappa shape index (κ1) is 31.8. The quantitative estimate of drug-likeness (QED) is 0.260. The summed E-state index contributed by atoms with van der Waals surface area (Å²) in [6.45, 7) is 12.8. The molecule has 0 aromatic heterocycles. The van der Waals surface area contributed by atoms with Gasteiger partial charge in [-0.15, -0.1) is 0 Å². The summed E-state index contributed by atoms with van der Waals surface area (Å²) in [4.78, 5) is 65.7. The van der Waals surface area contributed by atoms with E-state index in [2.05, 4.69) is 0 Å². The predicted octanol–water partition coefficient (Wildman–Crippen LogP) is 1.87. The minimum absolute atomic E-state index is 0.242. The number of Topliss-reactive ketones (excluding diaryl/α,β-unsaturated/α-hetero) is 1. The molecule has 4 saturated carbocycles. The van der Waals surface area contributed by atoms with Crippen LogP contribution in [0.2, 0.25) is 0 Å². The molecule has 0 amide bonds. The highest BCUT2D eigenvalue weighted by Gasteiger charge is 2.81. The summed E-state index contributed by atoms with van der Waals surface area (Å²) in [6, 6.07) is 0. The van der Waals surface area contributed by atoms with Crippen molar-refractivity contribution in [3.05, 3.63) is 11.8 Å². The van der Waals surface area contributed by atoms with Crippen molar-refractivity contribution in [2.75, 3.05) is 0 Å². The summed E-state index contributed by atoms with van der Waals surface area (Å²) < 4.78 is 29.9. The lowest BCUT2D eigenvalue weighted by Crippen LogP contribution is -2.70. The van der Waals surface area contributed by atoms with Gasteiger partial charge < -0.3 is 33.9 Å². The Hall–Kier alpha value is -2.83. The Kier molecular flexibility index (Phi) is 6.64. The Morgan fingerprint density at radius 1 is 0.891 bits per heavy atom. The van der Waals surface area contributed by atoms with Gasteiger partial charge in [0.15, 0.2) is 11.4 Å². The summed E-state index contributed by atoms with van der Waals surface area (Å²) in [5.74, 6) is -6.84. The van der Waals surface area contributed by atoms with Crippen LogP contribution in [0.5, 0.6) is 0 Å². The monoisotopic (exact) mass is 644 g/mol. The number of hydrogen-bond donors (Lipinski definition) is 2. The second-order valence-electron chi connectivity index (χ2n) is 15.8. The summed E-state index contributed by atoms with van der Waals surface area (Å²) in [7, 11) is 0. The van der Waals surface area contributed by atoms with Crippen LogP contribution in [0.3, 0.4) is 0 Å². The molecule has 0 aromatic carbocycles. The van der Waals surface area contributed by atoms with Gasteiger partial charge in [-0.2, -0.15) is 0 Å². The van der Waals surface area contributed by atoms with E-state index in [1.54, 1.807) is 6.92 Å². The number of ketones is 1. The largest absolute Gasteiger partial charge is 0.462 e.